The van der Waals surface area contributed by atoms with Gasteiger partial charge in [-0.1, -0.05) is 24.3 Å². The number of carbonyl (C=O) groups excluding carboxylic acids is 1. The highest BCUT2D eigenvalue weighted by atomic mass is 16.5. The van der Waals surface area contributed by atoms with Gasteiger partial charge in [-0.15, -0.1) is 0 Å². The van der Waals surface area contributed by atoms with Crippen molar-refractivity contribution in [1.82, 2.24) is 5.32 Å². The number of benzene rings is 1. The van der Waals surface area contributed by atoms with E-state index < -0.39 is 0 Å². The van der Waals surface area contributed by atoms with Crippen molar-refractivity contribution >= 4 is 5.91 Å². The molecule has 0 radical (unpaired) electrons. The van der Waals surface area contributed by atoms with Crippen molar-refractivity contribution in [2.45, 2.75) is 18.4 Å². The van der Waals surface area contributed by atoms with Crippen LogP contribution in [0.5, 0.6) is 0 Å². The average molecular weight is 246 g/mol. The van der Waals surface area contributed by atoms with Crippen LogP contribution in [-0.2, 0) is 16.0 Å². The van der Waals surface area contributed by atoms with Gasteiger partial charge in [-0.25, -0.2) is 0 Å². The smallest absolute Gasteiger partial charge is 0.227 e. The molecule has 3 atom stereocenters. The van der Waals surface area contributed by atoms with Crippen molar-refractivity contribution in [2.75, 3.05) is 19.8 Å². The van der Waals surface area contributed by atoms with E-state index in [0.717, 1.165) is 6.42 Å². The Kier molecular flexibility index (Phi) is 3.06. The Morgan fingerprint density at radius 2 is 2.22 bits per heavy atom. The topological polar surface area (TPSA) is 64.3 Å². The Hall–Kier alpha value is -1.39. The molecule has 1 aromatic rings. The number of ether oxygens (including phenoxy) is 1. The molecule has 1 aromatic carbocycles. The lowest BCUT2D eigenvalue weighted by molar-refractivity contribution is -0.125. The summed E-state index contributed by atoms with van der Waals surface area (Å²) in [5.41, 5.74) is 8.59. The van der Waals surface area contributed by atoms with Crippen molar-refractivity contribution in [3.8, 4) is 0 Å². The first-order valence-corrected chi connectivity index (χ1v) is 6.44. The van der Waals surface area contributed by atoms with Crippen LogP contribution >= 0.6 is 0 Å². The van der Waals surface area contributed by atoms with E-state index in [2.05, 4.69) is 23.5 Å². The minimum absolute atomic E-state index is 0.0318. The first-order chi connectivity index (χ1) is 8.75. The van der Waals surface area contributed by atoms with Crippen molar-refractivity contribution in [3.63, 3.8) is 0 Å². The van der Waals surface area contributed by atoms with Crippen molar-refractivity contribution < 1.29 is 9.53 Å². The Morgan fingerprint density at radius 1 is 1.39 bits per heavy atom. The van der Waals surface area contributed by atoms with Crippen LogP contribution < -0.4 is 11.1 Å². The van der Waals surface area contributed by atoms with Gasteiger partial charge in [-0.3, -0.25) is 4.79 Å². The molecule has 1 saturated heterocycles. The third-order valence-electron chi connectivity index (χ3n) is 3.95. The molecule has 4 nitrogen and oxygen atoms in total. The fourth-order valence-electron chi connectivity index (χ4n) is 2.74. The highest BCUT2D eigenvalue weighted by Gasteiger charge is 2.32. The summed E-state index contributed by atoms with van der Waals surface area (Å²) in [5, 5.41) is 3.00. The van der Waals surface area contributed by atoms with E-state index >= 15 is 0 Å². The van der Waals surface area contributed by atoms with Crippen LogP contribution in [0.15, 0.2) is 24.3 Å². The standard InChI is InChI=1S/C14H18N2O2/c15-13-8-18-7-12(13)14(17)16-6-10-5-9-3-1-2-4-11(9)10/h1-4,10,12-13H,5-8,15H2,(H,16,17). The fraction of sp³-hybridized carbons (Fsp3) is 0.500. The first kappa shape index (κ1) is 11.7. The van der Waals surface area contributed by atoms with Crippen molar-refractivity contribution in [1.29, 1.82) is 0 Å². The van der Waals surface area contributed by atoms with E-state index in [-0.39, 0.29) is 17.9 Å². The fourth-order valence-corrected chi connectivity index (χ4v) is 2.74. The van der Waals surface area contributed by atoms with Gasteiger partial charge >= 0.3 is 0 Å². The number of hydrogen-bond acceptors (Lipinski definition) is 3. The Balaban J connectivity index is 1.53. The third-order valence-corrected chi connectivity index (χ3v) is 3.95. The normalized spacial score (nSPS) is 29.5. The molecule has 0 aromatic heterocycles. The average Bonchev–Trinajstić information content (AvgIpc) is 2.76. The van der Waals surface area contributed by atoms with E-state index in [1.807, 2.05) is 6.07 Å². The van der Waals surface area contributed by atoms with Gasteiger partial charge in [0.1, 0.15) is 0 Å². The lowest BCUT2D eigenvalue weighted by atomic mass is 9.77. The largest absolute Gasteiger partial charge is 0.379 e. The van der Waals surface area contributed by atoms with Crippen LogP contribution in [0.2, 0.25) is 0 Å². The number of nitrogens with one attached hydrogen (secondary N) is 1. The van der Waals surface area contributed by atoms with E-state index in [9.17, 15) is 4.79 Å². The molecule has 1 aliphatic carbocycles. The molecule has 1 heterocycles. The second-order valence-electron chi connectivity index (χ2n) is 5.15. The number of hydrogen-bond donors (Lipinski definition) is 2. The minimum Gasteiger partial charge on any atom is -0.379 e. The van der Waals surface area contributed by atoms with Crippen molar-refractivity contribution in [3.05, 3.63) is 35.4 Å². The minimum atomic E-state index is -0.180. The highest BCUT2D eigenvalue weighted by Crippen LogP contribution is 2.34. The molecule has 3 rings (SSSR count). The molecule has 0 bridgehead atoms. The zero-order valence-corrected chi connectivity index (χ0v) is 10.3. The monoisotopic (exact) mass is 246 g/mol. The molecule has 1 aliphatic heterocycles. The van der Waals surface area contributed by atoms with Gasteiger partial charge in [-0.05, 0) is 17.5 Å². The molecule has 1 amide bonds. The molecule has 0 saturated carbocycles. The van der Waals surface area contributed by atoms with Crippen LogP contribution in [0.4, 0.5) is 0 Å². The Morgan fingerprint density at radius 3 is 2.94 bits per heavy atom. The maximum atomic E-state index is 11.9. The quantitative estimate of drug-likeness (QED) is 0.812. The summed E-state index contributed by atoms with van der Waals surface area (Å²) < 4.78 is 5.21. The first-order valence-electron chi connectivity index (χ1n) is 6.44. The van der Waals surface area contributed by atoms with Gasteiger partial charge in [0.05, 0.1) is 19.1 Å². The molecule has 3 unspecified atom stereocenters. The zero-order valence-electron chi connectivity index (χ0n) is 10.3. The summed E-state index contributed by atoms with van der Waals surface area (Å²) in [5.74, 6) is 0.313. The van der Waals surface area contributed by atoms with Crippen molar-refractivity contribution in [2.24, 2.45) is 11.7 Å². The molecule has 3 N–H and O–H groups in total. The van der Waals surface area contributed by atoms with E-state index in [1.54, 1.807) is 0 Å². The van der Waals surface area contributed by atoms with Gasteiger partial charge in [0.2, 0.25) is 5.91 Å². The van der Waals surface area contributed by atoms with Crippen LogP contribution in [0.1, 0.15) is 17.0 Å². The Bertz CT molecular complexity index is 461. The molecule has 1 fully saturated rings. The summed E-state index contributed by atoms with van der Waals surface area (Å²) in [6.45, 7) is 1.65. The summed E-state index contributed by atoms with van der Waals surface area (Å²) >= 11 is 0. The van der Waals surface area contributed by atoms with E-state index in [1.165, 1.54) is 11.1 Å². The molecular formula is C14H18N2O2. The van der Waals surface area contributed by atoms with Gasteiger partial charge in [0.15, 0.2) is 0 Å². The van der Waals surface area contributed by atoms with Gasteiger partial charge in [0, 0.05) is 18.5 Å². The van der Waals surface area contributed by atoms with Gasteiger partial charge in [0.25, 0.3) is 0 Å². The molecule has 2 aliphatic rings. The van der Waals surface area contributed by atoms with E-state index in [0.29, 0.717) is 25.7 Å². The molecular weight excluding hydrogens is 228 g/mol. The number of nitrogens with two attached hydrogens (primary N) is 1. The number of fused-ring (bicyclic) bond motifs is 1. The summed E-state index contributed by atoms with van der Waals surface area (Å²) in [6.07, 6.45) is 1.06. The zero-order chi connectivity index (χ0) is 12.5. The van der Waals surface area contributed by atoms with Crippen LogP contribution in [0, 0.1) is 5.92 Å². The maximum absolute atomic E-state index is 11.9. The summed E-state index contributed by atoms with van der Waals surface area (Å²) in [4.78, 5) is 11.9. The lowest BCUT2D eigenvalue weighted by Crippen LogP contribution is -2.43. The number of carbonyl (C=O) groups is 1. The number of amides is 1. The maximum Gasteiger partial charge on any atom is 0.227 e. The second-order valence-corrected chi connectivity index (χ2v) is 5.15. The van der Waals surface area contributed by atoms with Crippen LogP contribution in [0.3, 0.4) is 0 Å². The molecule has 96 valence electrons. The predicted molar refractivity (Wildman–Crippen MR) is 68.2 cm³/mol. The Labute approximate surface area is 107 Å². The lowest BCUT2D eigenvalue weighted by Gasteiger charge is -2.30. The van der Waals surface area contributed by atoms with Gasteiger partial charge in [-0.2, -0.15) is 0 Å². The predicted octanol–water partition coefficient (Wildman–Crippen LogP) is 0.416. The molecule has 0 spiro atoms. The van der Waals surface area contributed by atoms with Gasteiger partial charge < -0.3 is 15.8 Å². The summed E-state index contributed by atoms with van der Waals surface area (Å²) in [7, 11) is 0. The third kappa shape index (κ3) is 2.02. The highest BCUT2D eigenvalue weighted by molar-refractivity contribution is 5.80. The molecule has 4 heteroatoms. The SMILES string of the molecule is NC1COCC1C(=O)NCC1Cc2ccccc21. The summed E-state index contributed by atoms with van der Waals surface area (Å²) in [6, 6.07) is 8.24. The number of rotatable bonds is 3. The van der Waals surface area contributed by atoms with Crippen LogP contribution in [0.25, 0.3) is 0 Å². The molecule has 18 heavy (non-hydrogen) atoms. The second kappa shape index (κ2) is 4.71. The van der Waals surface area contributed by atoms with E-state index in [4.69, 9.17) is 10.5 Å². The van der Waals surface area contributed by atoms with Crippen LogP contribution in [-0.4, -0.2) is 31.7 Å².